The second-order valence-electron chi connectivity index (χ2n) is 7.61. The fraction of sp³-hybridized carbons (Fsp3) is 0.500. The van der Waals surface area contributed by atoms with Crippen molar-refractivity contribution in [2.45, 2.75) is 44.6 Å². The number of aryl methyl sites for hydroxylation is 1. The molecule has 2 aromatic rings. The van der Waals surface area contributed by atoms with Crippen molar-refractivity contribution in [3.63, 3.8) is 0 Å². The molecule has 2 aliphatic rings. The number of benzene rings is 1. The predicted octanol–water partition coefficient (Wildman–Crippen LogP) is 2.20. The molecule has 2 amide bonds. The lowest BCUT2D eigenvalue weighted by atomic mass is 9.92. The molecule has 1 aliphatic carbocycles. The van der Waals surface area contributed by atoms with Gasteiger partial charge in [0.1, 0.15) is 6.20 Å². The third-order valence-electron chi connectivity index (χ3n) is 5.90. The highest BCUT2D eigenvalue weighted by atomic mass is 16.6. The summed E-state index contributed by atoms with van der Waals surface area (Å²) in [6.45, 7) is 1.56. The number of aromatic nitrogens is 2. The number of amides is 2. The second-order valence-corrected chi connectivity index (χ2v) is 7.61. The maximum absolute atomic E-state index is 12.5. The first kappa shape index (κ1) is 17.7. The molecule has 1 saturated heterocycles. The first-order valence-electron chi connectivity index (χ1n) is 9.56. The summed E-state index contributed by atoms with van der Waals surface area (Å²) in [4.78, 5) is 26.5. The monoisotopic (exact) mass is 368 g/mol. The molecule has 1 unspecified atom stereocenters. The Balaban J connectivity index is 1.19. The molecular weight excluding hydrogens is 344 g/mol. The van der Waals surface area contributed by atoms with E-state index in [0.29, 0.717) is 6.42 Å². The molecule has 1 spiro atoms. The Bertz CT molecular complexity index is 783. The summed E-state index contributed by atoms with van der Waals surface area (Å²) in [6, 6.07) is 10.4. The summed E-state index contributed by atoms with van der Waals surface area (Å²) >= 11 is 0. The molecule has 4 rings (SSSR count). The van der Waals surface area contributed by atoms with E-state index in [1.54, 1.807) is 0 Å². The molecule has 1 saturated carbocycles. The standard InChI is InChI=1S/C20H24N4O3/c25-18(8-4-7-15-5-2-1-3-6-15)24-11-9-20(10-12-24)13-17(20)22-19(26)16-14-21-27-23-16/h1-3,5-6,14,17H,4,7-13H2,(H,22,26). The minimum atomic E-state index is -0.238. The van der Waals surface area contributed by atoms with Gasteiger partial charge < -0.3 is 10.2 Å². The van der Waals surface area contributed by atoms with E-state index < -0.39 is 0 Å². The minimum absolute atomic E-state index is 0.146. The molecule has 1 aliphatic heterocycles. The molecule has 2 heterocycles. The number of carbonyl (C=O) groups is 2. The fourth-order valence-electron chi connectivity index (χ4n) is 4.05. The highest BCUT2D eigenvalue weighted by Gasteiger charge is 2.56. The zero-order valence-corrected chi connectivity index (χ0v) is 15.3. The van der Waals surface area contributed by atoms with Crippen LogP contribution in [-0.4, -0.2) is 46.2 Å². The minimum Gasteiger partial charge on any atom is -0.347 e. The number of likely N-dealkylation sites (tertiary alicyclic amines) is 1. The number of hydrogen-bond acceptors (Lipinski definition) is 5. The lowest BCUT2D eigenvalue weighted by Gasteiger charge is -2.33. The van der Waals surface area contributed by atoms with Gasteiger partial charge in [0, 0.05) is 25.6 Å². The van der Waals surface area contributed by atoms with E-state index in [1.807, 2.05) is 23.1 Å². The molecule has 1 atom stereocenters. The average molecular weight is 368 g/mol. The van der Waals surface area contributed by atoms with E-state index in [0.717, 1.165) is 45.2 Å². The van der Waals surface area contributed by atoms with Crippen molar-refractivity contribution >= 4 is 11.8 Å². The zero-order chi connectivity index (χ0) is 18.7. The van der Waals surface area contributed by atoms with E-state index >= 15 is 0 Å². The Hall–Kier alpha value is -2.70. The van der Waals surface area contributed by atoms with Gasteiger partial charge in [-0.1, -0.05) is 35.5 Å². The van der Waals surface area contributed by atoms with Crippen LogP contribution in [0.4, 0.5) is 0 Å². The van der Waals surface area contributed by atoms with E-state index in [1.165, 1.54) is 11.8 Å². The Morgan fingerprint density at radius 2 is 2.00 bits per heavy atom. The van der Waals surface area contributed by atoms with Gasteiger partial charge in [-0.25, -0.2) is 4.63 Å². The van der Waals surface area contributed by atoms with Crippen LogP contribution < -0.4 is 5.32 Å². The van der Waals surface area contributed by atoms with Crippen LogP contribution in [0.3, 0.4) is 0 Å². The van der Waals surface area contributed by atoms with Crippen molar-refractivity contribution < 1.29 is 14.2 Å². The lowest BCUT2D eigenvalue weighted by molar-refractivity contribution is -0.132. The molecule has 7 nitrogen and oxygen atoms in total. The van der Waals surface area contributed by atoms with Crippen molar-refractivity contribution in [3.05, 3.63) is 47.8 Å². The molecule has 27 heavy (non-hydrogen) atoms. The fourth-order valence-corrected chi connectivity index (χ4v) is 4.05. The van der Waals surface area contributed by atoms with Crippen LogP contribution in [0.25, 0.3) is 0 Å². The first-order chi connectivity index (χ1) is 13.2. The molecule has 0 radical (unpaired) electrons. The zero-order valence-electron chi connectivity index (χ0n) is 15.3. The second kappa shape index (κ2) is 7.50. The summed E-state index contributed by atoms with van der Waals surface area (Å²) in [5.74, 6) is 0.00762. The van der Waals surface area contributed by atoms with Crippen LogP contribution in [0.1, 0.15) is 48.2 Å². The summed E-state index contributed by atoms with van der Waals surface area (Å²) in [7, 11) is 0. The van der Waals surface area contributed by atoms with Gasteiger partial charge in [-0.05, 0) is 48.2 Å². The Morgan fingerprint density at radius 1 is 1.22 bits per heavy atom. The Kier molecular flexibility index (Phi) is 4.92. The number of carbonyl (C=O) groups excluding carboxylic acids is 2. The molecule has 2 fully saturated rings. The molecule has 142 valence electrons. The SMILES string of the molecule is O=C(NC1CC12CCN(C(=O)CCCc1ccccc1)CC2)c1cnon1. The highest BCUT2D eigenvalue weighted by molar-refractivity contribution is 5.92. The van der Waals surface area contributed by atoms with Gasteiger partial charge in [0.2, 0.25) is 5.91 Å². The van der Waals surface area contributed by atoms with Crippen molar-refractivity contribution in [2.75, 3.05) is 13.1 Å². The number of hydrogen-bond donors (Lipinski definition) is 1. The molecule has 1 aromatic carbocycles. The molecule has 1 aromatic heterocycles. The van der Waals surface area contributed by atoms with Crippen LogP contribution >= 0.6 is 0 Å². The molecule has 1 N–H and O–H groups in total. The molecule has 0 bridgehead atoms. The predicted molar refractivity (Wildman–Crippen MR) is 97.8 cm³/mol. The summed E-state index contributed by atoms with van der Waals surface area (Å²) in [6.07, 6.45) is 6.60. The topological polar surface area (TPSA) is 88.3 Å². The Labute approximate surface area is 158 Å². The summed E-state index contributed by atoms with van der Waals surface area (Å²) < 4.78 is 4.47. The molecule has 7 heteroatoms. The average Bonchev–Trinajstić information content (AvgIpc) is 3.10. The maximum Gasteiger partial charge on any atom is 0.275 e. The quantitative estimate of drug-likeness (QED) is 0.844. The lowest BCUT2D eigenvalue weighted by Crippen LogP contribution is -2.41. The number of piperidine rings is 1. The summed E-state index contributed by atoms with van der Waals surface area (Å²) in [5, 5.41) is 10.0. The van der Waals surface area contributed by atoms with E-state index in [2.05, 4.69) is 32.4 Å². The van der Waals surface area contributed by atoms with Gasteiger partial charge in [-0.3, -0.25) is 9.59 Å². The highest BCUT2D eigenvalue weighted by Crippen LogP contribution is 2.54. The first-order valence-corrected chi connectivity index (χ1v) is 9.56. The van der Waals surface area contributed by atoms with Crippen molar-refractivity contribution in [1.82, 2.24) is 20.5 Å². The van der Waals surface area contributed by atoms with Crippen molar-refractivity contribution in [2.24, 2.45) is 5.41 Å². The molecular formula is C20H24N4O3. The van der Waals surface area contributed by atoms with Gasteiger partial charge in [-0.2, -0.15) is 0 Å². The number of nitrogens with one attached hydrogen (secondary N) is 1. The number of nitrogens with zero attached hydrogens (tertiary/aromatic N) is 3. The van der Waals surface area contributed by atoms with Crippen LogP contribution in [-0.2, 0) is 11.2 Å². The van der Waals surface area contributed by atoms with Gasteiger partial charge in [0.15, 0.2) is 5.69 Å². The third kappa shape index (κ3) is 4.02. The van der Waals surface area contributed by atoms with Gasteiger partial charge in [-0.15, -0.1) is 0 Å². The van der Waals surface area contributed by atoms with Crippen LogP contribution in [0.15, 0.2) is 41.2 Å². The third-order valence-corrected chi connectivity index (χ3v) is 5.90. The van der Waals surface area contributed by atoms with E-state index in [9.17, 15) is 9.59 Å². The van der Waals surface area contributed by atoms with Crippen LogP contribution in [0.5, 0.6) is 0 Å². The summed E-state index contributed by atoms with van der Waals surface area (Å²) in [5.41, 5.74) is 1.64. The number of rotatable bonds is 6. The van der Waals surface area contributed by atoms with Crippen LogP contribution in [0, 0.1) is 5.41 Å². The van der Waals surface area contributed by atoms with Crippen molar-refractivity contribution in [1.29, 1.82) is 0 Å². The van der Waals surface area contributed by atoms with Crippen molar-refractivity contribution in [3.8, 4) is 0 Å². The van der Waals surface area contributed by atoms with E-state index in [4.69, 9.17) is 0 Å². The van der Waals surface area contributed by atoms with Crippen LogP contribution in [0.2, 0.25) is 0 Å². The Morgan fingerprint density at radius 3 is 2.70 bits per heavy atom. The van der Waals surface area contributed by atoms with E-state index in [-0.39, 0.29) is 29.0 Å². The maximum atomic E-state index is 12.5. The normalized spacial score (nSPS) is 20.4. The smallest absolute Gasteiger partial charge is 0.275 e. The van der Waals surface area contributed by atoms with Gasteiger partial charge >= 0.3 is 0 Å². The van der Waals surface area contributed by atoms with Gasteiger partial charge in [0.25, 0.3) is 5.91 Å². The largest absolute Gasteiger partial charge is 0.347 e. The van der Waals surface area contributed by atoms with Gasteiger partial charge in [0.05, 0.1) is 0 Å².